The smallest absolute Gasteiger partial charge is 0.0270 e. The monoisotopic (exact) mass is 279 g/mol. The summed E-state index contributed by atoms with van der Waals surface area (Å²) in [6.07, 6.45) is 14.6. The number of aromatic nitrogens is 1. The maximum atomic E-state index is 4.15. The summed E-state index contributed by atoms with van der Waals surface area (Å²) in [6.45, 7) is 4.56. The van der Waals surface area contributed by atoms with E-state index in [1.54, 1.807) is 0 Å². The summed E-state index contributed by atoms with van der Waals surface area (Å²) in [6, 6.07) is 4.40. The molecule has 2 heteroatoms. The van der Waals surface area contributed by atoms with Gasteiger partial charge in [-0.3, -0.25) is 4.98 Å². The Labute approximate surface area is 121 Å². The lowest BCUT2D eigenvalue weighted by Crippen LogP contribution is -2.13. The van der Waals surface area contributed by atoms with E-state index in [4.69, 9.17) is 0 Å². The second kappa shape index (κ2) is 10.4. The summed E-state index contributed by atoms with van der Waals surface area (Å²) >= 11 is 0. The Morgan fingerprint density at radius 2 is 1.53 bits per heavy atom. The van der Waals surface area contributed by atoms with Crippen molar-refractivity contribution in [3.05, 3.63) is 30.1 Å². The first-order valence-electron chi connectivity index (χ1n) is 7.95. The molecule has 0 bridgehead atoms. The molecule has 0 aliphatic heterocycles. The minimum atomic E-state index is 0.691. The number of pyridine rings is 1. The van der Waals surface area contributed by atoms with E-state index in [-0.39, 0.29) is 0 Å². The standard InChI is InChI=1S/C17H30NP/c1-3-5-7-9-16(15-11-13-18-14-12-15)17(19)10-8-6-4-2/h11-14,16-17H,3-10,19H2,1-2H3. The van der Waals surface area contributed by atoms with Gasteiger partial charge in [-0.05, 0) is 42.1 Å². The van der Waals surface area contributed by atoms with Crippen LogP contribution in [0, 0.1) is 0 Å². The van der Waals surface area contributed by atoms with Crippen LogP contribution in [0.15, 0.2) is 24.5 Å². The van der Waals surface area contributed by atoms with E-state index in [1.807, 2.05) is 12.4 Å². The van der Waals surface area contributed by atoms with E-state index in [0.29, 0.717) is 11.6 Å². The molecule has 0 aromatic carbocycles. The largest absolute Gasteiger partial charge is 0.265 e. The number of rotatable bonds is 10. The first-order chi connectivity index (χ1) is 9.29. The van der Waals surface area contributed by atoms with Crippen molar-refractivity contribution in [1.29, 1.82) is 0 Å². The van der Waals surface area contributed by atoms with Crippen LogP contribution >= 0.6 is 9.24 Å². The first-order valence-corrected chi connectivity index (χ1v) is 8.61. The lowest BCUT2D eigenvalue weighted by molar-refractivity contribution is 0.512. The third-order valence-corrected chi connectivity index (χ3v) is 4.71. The van der Waals surface area contributed by atoms with E-state index in [1.165, 1.54) is 56.9 Å². The van der Waals surface area contributed by atoms with Crippen molar-refractivity contribution in [3.8, 4) is 0 Å². The van der Waals surface area contributed by atoms with Gasteiger partial charge in [-0.15, -0.1) is 9.24 Å². The Hall–Kier alpha value is -0.420. The molecule has 3 atom stereocenters. The molecule has 0 fully saturated rings. The molecule has 0 radical (unpaired) electrons. The summed E-state index contributed by atoms with van der Waals surface area (Å²) in [4.78, 5) is 4.15. The zero-order valence-corrected chi connectivity index (χ0v) is 13.8. The van der Waals surface area contributed by atoms with E-state index in [0.717, 1.165) is 0 Å². The van der Waals surface area contributed by atoms with Crippen LogP contribution in [0.1, 0.15) is 76.7 Å². The zero-order chi connectivity index (χ0) is 13.9. The molecule has 1 aromatic rings. The molecule has 0 saturated carbocycles. The first kappa shape index (κ1) is 16.6. The van der Waals surface area contributed by atoms with Gasteiger partial charge in [-0.2, -0.15) is 0 Å². The topological polar surface area (TPSA) is 12.9 Å². The second-order valence-corrected chi connectivity index (χ2v) is 6.40. The molecular formula is C17H30NP. The zero-order valence-electron chi connectivity index (χ0n) is 12.6. The molecule has 1 nitrogen and oxygen atoms in total. The highest BCUT2D eigenvalue weighted by atomic mass is 31.0. The van der Waals surface area contributed by atoms with E-state index in [2.05, 4.69) is 40.2 Å². The molecule has 1 aromatic heterocycles. The van der Waals surface area contributed by atoms with Crippen molar-refractivity contribution >= 4 is 9.24 Å². The van der Waals surface area contributed by atoms with Crippen LogP contribution in [-0.4, -0.2) is 10.6 Å². The van der Waals surface area contributed by atoms with E-state index < -0.39 is 0 Å². The molecule has 0 N–H and O–H groups in total. The molecule has 0 saturated heterocycles. The van der Waals surface area contributed by atoms with Gasteiger partial charge in [0.2, 0.25) is 0 Å². The van der Waals surface area contributed by atoms with Gasteiger partial charge in [-0.25, -0.2) is 0 Å². The van der Waals surface area contributed by atoms with E-state index >= 15 is 0 Å². The average molecular weight is 279 g/mol. The number of unbranched alkanes of at least 4 members (excludes halogenated alkanes) is 4. The van der Waals surface area contributed by atoms with Crippen LogP contribution < -0.4 is 0 Å². The molecule has 0 aliphatic rings. The number of nitrogens with zero attached hydrogens (tertiary/aromatic N) is 1. The van der Waals surface area contributed by atoms with Crippen molar-refractivity contribution in [2.24, 2.45) is 0 Å². The minimum absolute atomic E-state index is 0.691. The second-order valence-electron chi connectivity index (χ2n) is 5.54. The Morgan fingerprint density at radius 1 is 0.947 bits per heavy atom. The molecule has 1 rings (SSSR count). The highest BCUT2D eigenvalue weighted by Gasteiger charge is 2.18. The summed E-state index contributed by atoms with van der Waals surface area (Å²) in [5.41, 5.74) is 2.19. The third-order valence-electron chi connectivity index (χ3n) is 3.91. The summed E-state index contributed by atoms with van der Waals surface area (Å²) in [5, 5.41) is 0. The number of hydrogen-bond acceptors (Lipinski definition) is 1. The maximum absolute atomic E-state index is 4.15. The lowest BCUT2D eigenvalue weighted by Gasteiger charge is -2.24. The predicted octanol–water partition coefficient (Wildman–Crippen LogP) is 5.57. The SMILES string of the molecule is CCCCCC(P)C(CCCCC)c1ccncc1. The molecule has 19 heavy (non-hydrogen) atoms. The molecule has 0 aliphatic carbocycles. The highest BCUT2D eigenvalue weighted by molar-refractivity contribution is 7.17. The van der Waals surface area contributed by atoms with Crippen molar-refractivity contribution in [3.63, 3.8) is 0 Å². The molecule has 3 unspecified atom stereocenters. The van der Waals surface area contributed by atoms with Gasteiger partial charge in [-0.1, -0.05) is 52.4 Å². The Bertz CT molecular complexity index is 312. The van der Waals surface area contributed by atoms with Gasteiger partial charge in [0.1, 0.15) is 0 Å². The third kappa shape index (κ3) is 6.52. The van der Waals surface area contributed by atoms with Crippen LogP contribution in [0.25, 0.3) is 0 Å². The van der Waals surface area contributed by atoms with Crippen LogP contribution in [0.5, 0.6) is 0 Å². The number of hydrogen-bond donors (Lipinski definition) is 0. The summed E-state index contributed by atoms with van der Waals surface area (Å²) < 4.78 is 0. The van der Waals surface area contributed by atoms with Crippen molar-refractivity contribution in [1.82, 2.24) is 4.98 Å². The molecule has 1 heterocycles. The fraction of sp³-hybridized carbons (Fsp3) is 0.706. The Balaban J connectivity index is 2.58. The van der Waals surface area contributed by atoms with Crippen LogP contribution in [0.2, 0.25) is 0 Å². The average Bonchev–Trinajstić information content (AvgIpc) is 2.45. The van der Waals surface area contributed by atoms with Gasteiger partial charge in [0.15, 0.2) is 0 Å². The van der Waals surface area contributed by atoms with Crippen molar-refractivity contribution in [2.45, 2.75) is 76.8 Å². The fourth-order valence-electron chi connectivity index (χ4n) is 2.68. The Kier molecular flexibility index (Phi) is 9.08. The predicted molar refractivity (Wildman–Crippen MR) is 88.8 cm³/mol. The highest BCUT2D eigenvalue weighted by Crippen LogP contribution is 2.33. The molecule has 108 valence electrons. The van der Waals surface area contributed by atoms with Crippen LogP contribution in [0.3, 0.4) is 0 Å². The van der Waals surface area contributed by atoms with Crippen LogP contribution in [-0.2, 0) is 0 Å². The Morgan fingerprint density at radius 3 is 2.11 bits per heavy atom. The van der Waals surface area contributed by atoms with E-state index in [9.17, 15) is 0 Å². The van der Waals surface area contributed by atoms with Crippen LogP contribution in [0.4, 0.5) is 0 Å². The van der Waals surface area contributed by atoms with Crippen molar-refractivity contribution < 1.29 is 0 Å². The normalized spacial score (nSPS) is 14.3. The molecular weight excluding hydrogens is 249 g/mol. The maximum Gasteiger partial charge on any atom is 0.0270 e. The fourth-order valence-corrected chi connectivity index (χ4v) is 3.33. The van der Waals surface area contributed by atoms with Gasteiger partial charge in [0, 0.05) is 12.4 Å². The van der Waals surface area contributed by atoms with Gasteiger partial charge >= 0.3 is 0 Å². The molecule has 0 spiro atoms. The summed E-state index contributed by atoms with van der Waals surface area (Å²) in [7, 11) is 3.11. The lowest BCUT2D eigenvalue weighted by atomic mass is 9.88. The molecule has 0 amide bonds. The van der Waals surface area contributed by atoms with Gasteiger partial charge in [0.25, 0.3) is 0 Å². The van der Waals surface area contributed by atoms with Gasteiger partial charge < -0.3 is 0 Å². The summed E-state index contributed by atoms with van der Waals surface area (Å²) in [5.74, 6) is 0.691. The minimum Gasteiger partial charge on any atom is -0.265 e. The van der Waals surface area contributed by atoms with Gasteiger partial charge in [0.05, 0.1) is 0 Å². The van der Waals surface area contributed by atoms with Crippen molar-refractivity contribution in [2.75, 3.05) is 0 Å². The quantitative estimate of drug-likeness (QED) is 0.403.